The van der Waals surface area contributed by atoms with E-state index in [1.54, 1.807) is 24.4 Å². The second-order valence-corrected chi connectivity index (χ2v) is 18.2. The quantitative estimate of drug-likeness (QED) is 0.205. The number of likely N-dealkylation sites (tertiary alicyclic amines) is 3. The number of carbonyl (C=O) groups excluding carboxylic acids is 4. The van der Waals surface area contributed by atoms with Crippen LogP contribution in [-0.4, -0.2) is 124 Å². The average Bonchev–Trinajstić information content (AvgIpc) is 3.90. The lowest BCUT2D eigenvalue weighted by Gasteiger charge is -2.51. The summed E-state index contributed by atoms with van der Waals surface area (Å²) in [5.74, 6) is -3.05. The van der Waals surface area contributed by atoms with Gasteiger partial charge in [-0.25, -0.2) is 18.6 Å². The lowest BCUT2D eigenvalue weighted by molar-refractivity contribution is -0.139. The number of carbonyl (C=O) groups is 4. The Morgan fingerprint density at radius 3 is 2.48 bits per heavy atom. The van der Waals surface area contributed by atoms with E-state index in [1.165, 1.54) is 11.8 Å². The van der Waals surface area contributed by atoms with Gasteiger partial charge in [0, 0.05) is 94.0 Å². The van der Waals surface area contributed by atoms with Crippen molar-refractivity contribution in [3.05, 3.63) is 70.6 Å². The molecule has 328 valence electrons. The third kappa shape index (κ3) is 8.53. The summed E-state index contributed by atoms with van der Waals surface area (Å²) >= 11 is 6.42. The minimum absolute atomic E-state index is 0.0000655. The van der Waals surface area contributed by atoms with Gasteiger partial charge in [0.15, 0.2) is 0 Å². The van der Waals surface area contributed by atoms with Crippen LogP contribution < -0.4 is 15.5 Å². The SMILES string of the molecule is CC(=O)Nc1cc2c(-c3cc(CN4CCC(N5CCC6(CCN(C(=O)c7ccc(Cl)c(N8CCC(=O)NC8=O)c7)CC6)CC5)C(F)(F)C4)cc(C4CCOC4)n3)cn(C)c2cn1. The number of pyridine rings is 2. The zero-order valence-corrected chi connectivity index (χ0v) is 35.9. The highest BCUT2D eigenvalue weighted by Crippen LogP contribution is 2.44. The highest BCUT2D eigenvalue weighted by Gasteiger charge is 2.49. The monoisotopic (exact) mass is 871 g/mol. The molecule has 14 nitrogen and oxygen atoms in total. The molecule has 3 aromatic heterocycles. The second-order valence-electron chi connectivity index (χ2n) is 17.8. The minimum atomic E-state index is -2.90. The number of rotatable bonds is 8. The van der Waals surface area contributed by atoms with E-state index in [-0.39, 0.29) is 48.6 Å². The van der Waals surface area contributed by atoms with Crippen molar-refractivity contribution in [1.29, 1.82) is 0 Å². The van der Waals surface area contributed by atoms with Gasteiger partial charge >= 0.3 is 6.03 Å². The van der Waals surface area contributed by atoms with Crippen LogP contribution in [0.2, 0.25) is 5.02 Å². The summed E-state index contributed by atoms with van der Waals surface area (Å²) in [5.41, 5.74) is 5.13. The van der Waals surface area contributed by atoms with Crippen molar-refractivity contribution < 1.29 is 32.7 Å². The van der Waals surface area contributed by atoms with E-state index < -0.39 is 18.0 Å². The lowest BCUT2D eigenvalue weighted by atomic mass is 9.70. The van der Waals surface area contributed by atoms with Crippen molar-refractivity contribution >= 4 is 57.8 Å². The van der Waals surface area contributed by atoms with Crippen LogP contribution in [-0.2, 0) is 27.9 Å². The molecule has 2 unspecified atom stereocenters. The predicted octanol–water partition coefficient (Wildman–Crippen LogP) is 6.43. The maximum absolute atomic E-state index is 16.3. The molecule has 2 atom stereocenters. The number of fused-ring (bicyclic) bond motifs is 1. The number of nitrogens with one attached hydrogen (secondary N) is 2. The van der Waals surface area contributed by atoms with Gasteiger partial charge in [0.25, 0.3) is 11.8 Å². The minimum Gasteiger partial charge on any atom is -0.381 e. The summed E-state index contributed by atoms with van der Waals surface area (Å²) in [6.07, 6.45) is 8.29. The van der Waals surface area contributed by atoms with Crippen LogP contribution in [0, 0.1) is 5.41 Å². The number of ether oxygens (including phenoxy) is 1. The molecule has 2 N–H and O–H groups in total. The van der Waals surface area contributed by atoms with Crippen LogP contribution in [0.4, 0.5) is 25.1 Å². The highest BCUT2D eigenvalue weighted by atomic mass is 35.5. The van der Waals surface area contributed by atoms with E-state index in [2.05, 4.69) is 21.7 Å². The second kappa shape index (κ2) is 16.9. The number of halogens is 3. The lowest BCUT2D eigenvalue weighted by Crippen LogP contribution is -2.60. The molecule has 1 aromatic carbocycles. The van der Waals surface area contributed by atoms with Crippen LogP contribution in [0.1, 0.15) is 79.4 Å². The molecule has 8 heterocycles. The maximum Gasteiger partial charge on any atom is 0.328 e. The largest absolute Gasteiger partial charge is 0.381 e. The standard InChI is InChI=1S/C45H52ClF2N9O5/c1-28(58)50-40-22-32-33(25-53(2)38(32)23-49-40)36-20-29(19-35(51-36)31-7-18-62-26-31)24-54-12-5-39(45(47,48)27-54)55-14-8-44(9-15-55)10-16-56(17-11-44)42(60)30-3-4-34(46)37(21-30)57-13-6-41(59)52-43(57)61/h3-4,19-23,25,31,39H,5-18,24,26-27H2,1-2H3,(H,49,50,58)(H,52,59,61). The molecule has 5 aliphatic rings. The Morgan fingerprint density at radius 1 is 1.00 bits per heavy atom. The molecule has 0 bridgehead atoms. The summed E-state index contributed by atoms with van der Waals surface area (Å²) in [7, 11) is 1.94. The van der Waals surface area contributed by atoms with Gasteiger partial charge in [0.1, 0.15) is 5.82 Å². The van der Waals surface area contributed by atoms with Gasteiger partial charge in [-0.05, 0) is 99.0 Å². The number of aryl methyl sites for hydroxylation is 1. The Balaban J connectivity index is 0.829. The molecule has 5 amide bonds. The zero-order chi connectivity index (χ0) is 43.3. The predicted molar refractivity (Wildman–Crippen MR) is 230 cm³/mol. The molecule has 0 radical (unpaired) electrons. The molecule has 5 fully saturated rings. The Morgan fingerprint density at radius 2 is 1.77 bits per heavy atom. The van der Waals surface area contributed by atoms with Gasteiger partial charge in [0.2, 0.25) is 11.8 Å². The first-order valence-electron chi connectivity index (χ1n) is 21.6. The molecule has 0 saturated carbocycles. The highest BCUT2D eigenvalue weighted by molar-refractivity contribution is 6.34. The fourth-order valence-corrected chi connectivity index (χ4v) is 10.4. The summed E-state index contributed by atoms with van der Waals surface area (Å²) in [6, 6.07) is 9.38. The zero-order valence-electron chi connectivity index (χ0n) is 35.1. The molecule has 4 aromatic rings. The molecule has 62 heavy (non-hydrogen) atoms. The molecule has 17 heteroatoms. The van der Waals surface area contributed by atoms with Crippen molar-refractivity contribution in [2.24, 2.45) is 12.5 Å². The Hall–Kier alpha value is -5.03. The molecule has 5 aliphatic heterocycles. The number of aromatic nitrogens is 3. The first kappa shape index (κ1) is 42.3. The van der Waals surface area contributed by atoms with E-state index in [0.717, 1.165) is 65.5 Å². The summed E-state index contributed by atoms with van der Waals surface area (Å²) in [6.45, 7) is 5.74. The van der Waals surface area contributed by atoms with Crippen LogP contribution in [0.5, 0.6) is 0 Å². The third-order valence-corrected chi connectivity index (χ3v) is 14.0. The smallest absolute Gasteiger partial charge is 0.328 e. The van der Waals surface area contributed by atoms with Crippen molar-refractivity contribution in [2.45, 2.75) is 76.3 Å². The van der Waals surface area contributed by atoms with Crippen LogP contribution in [0.25, 0.3) is 22.2 Å². The number of benzene rings is 1. The fraction of sp³-hybridized carbons (Fsp3) is 0.511. The van der Waals surface area contributed by atoms with Gasteiger partial charge in [-0.15, -0.1) is 0 Å². The van der Waals surface area contributed by atoms with Crippen molar-refractivity contribution in [1.82, 2.24) is 34.6 Å². The number of piperidine rings is 3. The van der Waals surface area contributed by atoms with E-state index in [4.69, 9.17) is 21.3 Å². The van der Waals surface area contributed by atoms with Gasteiger partial charge < -0.3 is 19.5 Å². The number of hydrogen-bond donors (Lipinski definition) is 2. The van der Waals surface area contributed by atoms with Crippen LogP contribution in [0.3, 0.4) is 0 Å². The van der Waals surface area contributed by atoms with E-state index in [9.17, 15) is 19.2 Å². The van der Waals surface area contributed by atoms with Crippen LogP contribution >= 0.6 is 11.6 Å². The van der Waals surface area contributed by atoms with Gasteiger partial charge in [-0.1, -0.05) is 11.6 Å². The van der Waals surface area contributed by atoms with Gasteiger partial charge in [-0.2, -0.15) is 0 Å². The van der Waals surface area contributed by atoms with Gasteiger partial charge in [0.05, 0.1) is 47.3 Å². The molecular weight excluding hydrogens is 820 g/mol. The summed E-state index contributed by atoms with van der Waals surface area (Å²) in [5, 5.41) is 6.27. The molecule has 1 spiro atoms. The number of alkyl halides is 2. The normalized spacial score (nSPS) is 23.2. The first-order valence-corrected chi connectivity index (χ1v) is 22.0. The van der Waals surface area contributed by atoms with E-state index in [0.29, 0.717) is 81.0 Å². The average molecular weight is 872 g/mol. The van der Waals surface area contributed by atoms with Crippen molar-refractivity contribution in [2.75, 3.05) is 69.2 Å². The fourth-order valence-electron chi connectivity index (χ4n) is 10.2. The molecule has 5 saturated heterocycles. The number of urea groups is 1. The number of hydrogen-bond acceptors (Lipinski definition) is 9. The maximum atomic E-state index is 16.3. The number of anilines is 2. The van der Waals surface area contributed by atoms with Crippen molar-refractivity contribution in [3.8, 4) is 11.3 Å². The number of imide groups is 1. The Labute approximate surface area is 363 Å². The van der Waals surface area contributed by atoms with E-state index >= 15 is 8.78 Å². The summed E-state index contributed by atoms with van der Waals surface area (Å²) in [4.78, 5) is 66.2. The van der Waals surface area contributed by atoms with Crippen molar-refractivity contribution in [3.63, 3.8) is 0 Å². The topological polar surface area (TPSA) is 145 Å². The first-order chi connectivity index (χ1) is 29.7. The summed E-state index contributed by atoms with van der Waals surface area (Å²) < 4.78 is 40.3. The molecule has 0 aliphatic carbocycles. The number of nitrogens with zero attached hydrogens (tertiary/aromatic N) is 7. The Kier molecular flexibility index (Phi) is 11.5. The number of amides is 5. The molecular formula is C45H52ClF2N9O5. The van der Waals surface area contributed by atoms with E-state index in [1.807, 2.05) is 44.6 Å². The Bertz CT molecular complexity index is 2400. The molecule has 9 rings (SSSR count). The van der Waals surface area contributed by atoms with Crippen LogP contribution in [0.15, 0.2) is 48.8 Å². The van der Waals surface area contributed by atoms with Gasteiger partial charge in [-0.3, -0.25) is 39.4 Å². The third-order valence-electron chi connectivity index (χ3n) is 13.7.